The smallest absolute Gasteiger partial charge is 0.287 e. The Morgan fingerprint density at radius 2 is 1.65 bits per heavy atom. The lowest BCUT2D eigenvalue weighted by atomic mass is 10.0. The van der Waals surface area contributed by atoms with Gasteiger partial charge in [0.25, 0.3) is 11.4 Å². The van der Waals surface area contributed by atoms with Crippen molar-refractivity contribution < 1.29 is 14.6 Å². The number of H-pyrrole nitrogens is 1. The monoisotopic (exact) mass is 436 g/mol. The molecule has 4 rings (SSSR count). The number of benzene rings is 3. The van der Waals surface area contributed by atoms with Crippen molar-refractivity contribution in [3.63, 3.8) is 0 Å². The Balaban J connectivity index is 1.75. The standard InChI is InChI=1S/C21H13ClN4O5/c22-14-4-1-3-12(9-14)10-19(27)13-7-8-15-16(11-13)24-21(23-15)20-17(25(28)29)5-2-6-18(20)26(30)31/h1-9,11H,10H2,(H,23,24). The first-order chi connectivity index (χ1) is 14.8. The third-order valence-electron chi connectivity index (χ3n) is 4.71. The van der Waals surface area contributed by atoms with Gasteiger partial charge in [-0.3, -0.25) is 25.0 Å². The lowest BCUT2D eigenvalue weighted by molar-refractivity contribution is -0.392. The zero-order valence-corrected chi connectivity index (χ0v) is 16.5. The molecule has 0 atom stereocenters. The molecule has 9 nitrogen and oxygen atoms in total. The summed E-state index contributed by atoms with van der Waals surface area (Å²) in [5.41, 5.74) is 0.913. The third-order valence-corrected chi connectivity index (χ3v) is 4.94. The molecule has 3 aromatic carbocycles. The highest BCUT2D eigenvalue weighted by molar-refractivity contribution is 6.30. The highest BCUT2D eigenvalue weighted by Crippen LogP contribution is 2.37. The first-order valence-electron chi connectivity index (χ1n) is 9.03. The van der Waals surface area contributed by atoms with E-state index in [1.54, 1.807) is 42.5 Å². The molecule has 0 saturated carbocycles. The van der Waals surface area contributed by atoms with Crippen LogP contribution in [0.5, 0.6) is 0 Å². The van der Waals surface area contributed by atoms with E-state index in [1.165, 1.54) is 18.2 Å². The number of nitro groups is 2. The van der Waals surface area contributed by atoms with Crippen molar-refractivity contribution in [2.45, 2.75) is 6.42 Å². The third kappa shape index (κ3) is 3.99. The van der Waals surface area contributed by atoms with Gasteiger partial charge in [0, 0.05) is 29.1 Å². The molecule has 4 aromatic rings. The predicted octanol–water partition coefficient (Wildman–Crippen LogP) is 5.13. The lowest BCUT2D eigenvalue weighted by Gasteiger charge is -2.02. The number of nitrogens with zero attached hydrogens (tertiary/aromatic N) is 3. The van der Waals surface area contributed by atoms with Crippen LogP contribution in [-0.4, -0.2) is 25.6 Å². The highest BCUT2D eigenvalue weighted by atomic mass is 35.5. The Bertz CT molecular complexity index is 1330. The fraction of sp³-hybridized carbons (Fsp3) is 0.0476. The zero-order valence-electron chi connectivity index (χ0n) is 15.7. The average Bonchev–Trinajstić information content (AvgIpc) is 3.16. The topological polar surface area (TPSA) is 132 Å². The number of nitrogens with one attached hydrogen (secondary N) is 1. The second-order valence-corrected chi connectivity index (χ2v) is 7.17. The number of ketones is 1. The van der Waals surface area contributed by atoms with Gasteiger partial charge in [-0.15, -0.1) is 0 Å². The summed E-state index contributed by atoms with van der Waals surface area (Å²) in [6, 6.07) is 15.3. The number of aromatic nitrogens is 2. The fourth-order valence-corrected chi connectivity index (χ4v) is 3.52. The maximum absolute atomic E-state index is 12.7. The number of aromatic amines is 1. The SMILES string of the molecule is O=C(Cc1cccc(Cl)c1)c1ccc2nc(-c3c([N+](=O)[O-])cccc3[N+](=O)[O-])[nH]c2c1. The minimum Gasteiger partial charge on any atom is -0.337 e. The van der Waals surface area contributed by atoms with E-state index in [2.05, 4.69) is 9.97 Å². The molecule has 0 aliphatic carbocycles. The van der Waals surface area contributed by atoms with Gasteiger partial charge in [0.15, 0.2) is 17.2 Å². The van der Waals surface area contributed by atoms with Gasteiger partial charge in [0.1, 0.15) is 0 Å². The van der Waals surface area contributed by atoms with E-state index in [0.29, 0.717) is 21.6 Å². The van der Waals surface area contributed by atoms with Gasteiger partial charge < -0.3 is 4.98 Å². The van der Waals surface area contributed by atoms with E-state index in [4.69, 9.17) is 11.6 Å². The first kappa shape index (κ1) is 20.2. The predicted molar refractivity (Wildman–Crippen MR) is 114 cm³/mol. The van der Waals surface area contributed by atoms with Gasteiger partial charge in [-0.2, -0.15) is 0 Å². The van der Waals surface area contributed by atoms with Gasteiger partial charge in [-0.1, -0.05) is 23.7 Å². The van der Waals surface area contributed by atoms with Crippen molar-refractivity contribution in [3.8, 4) is 11.4 Å². The van der Waals surface area contributed by atoms with E-state index in [9.17, 15) is 25.0 Å². The second-order valence-electron chi connectivity index (χ2n) is 6.73. The van der Waals surface area contributed by atoms with Gasteiger partial charge >= 0.3 is 0 Å². The number of rotatable bonds is 6. The quantitative estimate of drug-likeness (QED) is 0.253. The molecule has 0 amide bonds. The van der Waals surface area contributed by atoms with Crippen molar-refractivity contribution in [2.75, 3.05) is 0 Å². The van der Waals surface area contributed by atoms with Crippen molar-refractivity contribution in [1.29, 1.82) is 0 Å². The molecule has 0 unspecified atom stereocenters. The molecular weight excluding hydrogens is 424 g/mol. The highest BCUT2D eigenvalue weighted by Gasteiger charge is 2.28. The summed E-state index contributed by atoms with van der Waals surface area (Å²) in [7, 11) is 0. The van der Waals surface area contributed by atoms with Crippen LogP contribution in [0.3, 0.4) is 0 Å². The largest absolute Gasteiger partial charge is 0.337 e. The summed E-state index contributed by atoms with van der Waals surface area (Å²) >= 11 is 5.96. The Hall–Kier alpha value is -4.11. The molecule has 0 bridgehead atoms. The second kappa shape index (κ2) is 7.96. The van der Waals surface area contributed by atoms with E-state index in [0.717, 1.165) is 5.56 Å². The van der Waals surface area contributed by atoms with Crippen molar-refractivity contribution in [2.24, 2.45) is 0 Å². The molecule has 154 valence electrons. The Labute approximate surface area is 179 Å². The molecule has 31 heavy (non-hydrogen) atoms. The molecule has 0 aliphatic rings. The Kier molecular flexibility index (Phi) is 5.18. The lowest BCUT2D eigenvalue weighted by Crippen LogP contribution is -2.03. The molecule has 1 aromatic heterocycles. The Morgan fingerprint density at radius 3 is 2.29 bits per heavy atom. The number of fused-ring (bicyclic) bond motifs is 1. The first-order valence-corrected chi connectivity index (χ1v) is 9.41. The number of carbonyl (C=O) groups is 1. The van der Waals surface area contributed by atoms with Gasteiger partial charge in [0.2, 0.25) is 0 Å². The normalized spacial score (nSPS) is 10.9. The van der Waals surface area contributed by atoms with Crippen LogP contribution in [0.25, 0.3) is 22.4 Å². The van der Waals surface area contributed by atoms with Crippen LogP contribution in [0.1, 0.15) is 15.9 Å². The van der Waals surface area contributed by atoms with Crippen LogP contribution in [0.15, 0.2) is 60.7 Å². The minimum atomic E-state index is -0.699. The number of imidazole rings is 1. The molecule has 1 N–H and O–H groups in total. The molecule has 0 spiro atoms. The molecule has 0 radical (unpaired) electrons. The summed E-state index contributed by atoms with van der Waals surface area (Å²) in [4.78, 5) is 41.3. The number of nitro benzene ring substituents is 2. The number of halogens is 1. The summed E-state index contributed by atoms with van der Waals surface area (Å²) < 4.78 is 0. The fourth-order valence-electron chi connectivity index (χ4n) is 3.31. The van der Waals surface area contributed by atoms with E-state index in [1.807, 2.05) is 0 Å². The van der Waals surface area contributed by atoms with Crippen molar-refractivity contribution in [1.82, 2.24) is 9.97 Å². The summed E-state index contributed by atoms with van der Waals surface area (Å²) in [5.74, 6) is -0.176. The van der Waals surface area contributed by atoms with Crippen molar-refractivity contribution >= 4 is 39.8 Å². The number of hydrogen-bond donors (Lipinski definition) is 1. The maximum atomic E-state index is 12.7. The van der Waals surface area contributed by atoms with Crippen LogP contribution < -0.4 is 0 Å². The average molecular weight is 437 g/mol. The van der Waals surface area contributed by atoms with E-state index >= 15 is 0 Å². The maximum Gasteiger partial charge on any atom is 0.287 e. The minimum absolute atomic E-state index is 0.0200. The molecule has 0 fully saturated rings. The number of carbonyl (C=O) groups excluding carboxylic acids is 1. The zero-order chi connectivity index (χ0) is 22.1. The van der Waals surface area contributed by atoms with E-state index < -0.39 is 21.2 Å². The summed E-state index contributed by atoms with van der Waals surface area (Å²) in [6.45, 7) is 0. The number of hydrogen-bond acceptors (Lipinski definition) is 6. The van der Waals surface area contributed by atoms with Crippen molar-refractivity contribution in [3.05, 3.63) is 97.0 Å². The van der Waals surface area contributed by atoms with Gasteiger partial charge in [0.05, 0.1) is 20.9 Å². The van der Waals surface area contributed by atoms with Crippen LogP contribution >= 0.6 is 11.6 Å². The van der Waals surface area contributed by atoms with E-state index in [-0.39, 0.29) is 23.6 Å². The number of Topliss-reactive ketones (excluding diaryl/α,β-unsaturated/α-hetero) is 1. The molecule has 0 aliphatic heterocycles. The summed E-state index contributed by atoms with van der Waals surface area (Å²) in [6.07, 6.45) is 0.142. The van der Waals surface area contributed by atoms with Crippen LogP contribution in [-0.2, 0) is 6.42 Å². The molecule has 0 saturated heterocycles. The van der Waals surface area contributed by atoms with Crippen LogP contribution in [0.4, 0.5) is 11.4 Å². The van der Waals surface area contributed by atoms with Crippen LogP contribution in [0, 0.1) is 20.2 Å². The summed E-state index contributed by atoms with van der Waals surface area (Å²) in [5, 5.41) is 23.4. The Morgan fingerprint density at radius 1 is 0.968 bits per heavy atom. The molecular formula is C21H13ClN4O5. The van der Waals surface area contributed by atoms with Gasteiger partial charge in [-0.25, -0.2) is 4.98 Å². The van der Waals surface area contributed by atoms with Crippen LogP contribution in [0.2, 0.25) is 5.02 Å². The molecule has 1 heterocycles. The molecule has 10 heteroatoms. The van der Waals surface area contributed by atoms with Gasteiger partial charge in [-0.05, 0) is 42.0 Å².